The Labute approximate surface area is 149 Å². The average molecular weight is 365 g/mol. The normalized spacial score (nSPS) is 10.3. The minimum Gasteiger partial charge on any atom is -0.468 e. The Kier molecular flexibility index (Phi) is 8.07. The van der Waals surface area contributed by atoms with Crippen LogP contribution in [0.3, 0.4) is 0 Å². The number of hydrogen-bond acceptors (Lipinski definition) is 8. The van der Waals surface area contributed by atoms with Crippen LogP contribution in [0, 0.1) is 16.0 Å². The number of non-ortho nitro benzene ring substituents is 1. The van der Waals surface area contributed by atoms with Crippen molar-refractivity contribution < 1.29 is 33.6 Å². The molecule has 0 bridgehead atoms. The van der Waals surface area contributed by atoms with Gasteiger partial charge in [0.1, 0.15) is 11.6 Å². The van der Waals surface area contributed by atoms with E-state index in [1.165, 1.54) is 24.3 Å². The average Bonchev–Trinajstić information content (AvgIpc) is 2.61. The van der Waals surface area contributed by atoms with E-state index in [1.54, 1.807) is 0 Å². The van der Waals surface area contributed by atoms with Crippen molar-refractivity contribution in [3.05, 3.63) is 39.9 Å². The van der Waals surface area contributed by atoms with Gasteiger partial charge < -0.3 is 9.47 Å². The number of ether oxygens (including phenoxy) is 2. The number of carbonyl (C=O) groups is 4. The maximum atomic E-state index is 11.9. The summed E-state index contributed by atoms with van der Waals surface area (Å²) in [5.41, 5.74) is 0.462. The Morgan fingerprint density at radius 2 is 1.54 bits per heavy atom. The van der Waals surface area contributed by atoms with Crippen molar-refractivity contribution in [3.8, 4) is 0 Å². The third-order valence-electron chi connectivity index (χ3n) is 3.63. The van der Waals surface area contributed by atoms with Crippen LogP contribution in [0.25, 0.3) is 0 Å². The summed E-state index contributed by atoms with van der Waals surface area (Å²) >= 11 is 0. The second kappa shape index (κ2) is 10.0. The number of rotatable bonds is 10. The molecule has 0 aliphatic heterocycles. The van der Waals surface area contributed by atoms with E-state index in [0.29, 0.717) is 5.56 Å². The summed E-state index contributed by atoms with van der Waals surface area (Å²) in [5, 5.41) is 10.6. The fourth-order valence-electron chi connectivity index (χ4n) is 2.26. The van der Waals surface area contributed by atoms with Gasteiger partial charge in [-0.25, -0.2) is 0 Å². The Hall–Kier alpha value is -3.10. The molecular weight excluding hydrogens is 346 g/mol. The molecular formula is C17H19NO8. The van der Waals surface area contributed by atoms with Crippen molar-refractivity contribution in [2.24, 2.45) is 5.92 Å². The smallest absolute Gasteiger partial charge is 0.320 e. The lowest BCUT2D eigenvalue weighted by Gasteiger charge is -2.11. The molecule has 140 valence electrons. The SMILES string of the molecule is COC(=O)C(CCC(=O)CC(=O)Cc1ccc([N+](=O)[O-])cc1)C(=O)OC. The van der Waals surface area contributed by atoms with Crippen LogP contribution in [0.1, 0.15) is 24.8 Å². The second-order valence-corrected chi connectivity index (χ2v) is 5.49. The Balaban J connectivity index is 2.53. The van der Waals surface area contributed by atoms with E-state index in [1.807, 2.05) is 0 Å². The standard InChI is InChI=1S/C17H19NO8/c1-25-16(21)15(17(22)26-2)8-7-13(19)10-14(20)9-11-3-5-12(6-4-11)18(23)24/h3-6,15H,7-10H2,1-2H3. The fourth-order valence-corrected chi connectivity index (χ4v) is 2.26. The first-order valence-electron chi connectivity index (χ1n) is 7.70. The van der Waals surface area contributed by atoms with Crippen molar-refractivity contribution in [3.63, 3.8) is 0 Å². The lowest BCUT2D eigenvalue weighted by Crippen LogP contribution is -2.27. The molecule has 0 saturated carbocycles. The summed E-state index contributed by atoms with van der Waals surface area (Å²) in [5.74, 6) is -3.60. The lowest BCUT2D eigenvalue weighted by molar-refractivity contribution is -0.384. The van der Waals surface area contributed by atoms with E-state index in [2.05, 4.69) is 9.47 Å². The van der Waals surface area contributed by atoms with Crippen LogP contribution in [0.15, 0.2) is 24.3 Å². The number of hydrogen-bond donors (Lipinski definition) is 0. The zero-order chi connectivity index (χ0) is 19.7. The number of ketones is 2. The van der Waals surface area contributed by atoms with Gasteiger partial charge in [0.25, 0.3) is 5.69 Å². The molecule has 26 heavy (non-hydrogen) atoms. The summed E-state index contributed by atoms with van der Waals surface area (Å²) in [4.78, 5) is 56.9. The number of Topliss-reactive ketones (excluding diaryl/α,β-unsaturated/α-hetero) is 2. The van der Waals surface area contributed by atoms with Crippen LogP contribution >= 0.6 is 0 Å². The zero-order valence-corrected chi connectivity index (χ0v) is 14.4. The third-order valence-corrected chi connectivity index (χ3v) is 3.63. The topological polar surface area (TPSA) is 130 Å². The predicted molar refractivity (Wildman–Crippen MR) is 88.2 cm³/mol. The first kappa shape index (κ1) is 20.9. The molecule has 0 fully saturated rings. The number of nitro benzene ring substituents is 1. The molecule has 9 heteroatoms. The van der Waals surface area contributed by atoms with Crippen molar-refractivity contribution >= 4 is 29.2 Å². The van der Waals surface area contributed by atoms with Gasteiger partial charge in [0.05, 0.1) is 25.6 Å². The molecule has 0 N–H and O–H groups in total. The first-order valence-corrected chi connectivity index (χ1v) is 7.70. The summed E-state index contributed by atoms with van der Waals surface area (Å²) in [6.45, 7) is 0. The molecule has 0 amide bonds. The molecule has 0 unspecified atom stereocenters. The molecule has 9 nitrogen and oxygen atoms in total. The van der Waals surface area contributed by atoms with E-state index in [4.69, 9.17) is 0 Å². The summed E-state index contributed by atoms with van der Waals surface area (Å²) in [7, 11) is 2.24. The summed E-state index contributed by atoms with van der Waals surface area (Å²) < 4.78 is 8.98. The Morgan fingerprint density at radius 3 is 2.00 bits per heavy atom. The highest BCUT2D eigenvalue weighted by molar-refractivity contribution is 6.00. The molecule has 0 saturated heterocycles. The van der Waals surface area contributed by atoms with Crippen LogP contribution in [-0.4, -0.2) is 42.6 Å². The number of nitrogens with zero attached hydrogens (tertiary/aromatic N) is 1. The lowest BCUT2D eigenvalue weighted by atomic mass is 9.98. The largest absolute Gasteiger partial charge is 0.468 e. The molecule has 0 aromatic heterocycles. The number of esters is 2. The van der Waals surface area contributed by atoms with Crippen LogP contribution in [0.5, 0.6) is 0 Å². The third kappa shape index (κ3) is 6.42. The summed E-state index contributed by atoms with van der Waals surface area (Å²) in [6.07, 6.45) is -0.656. The van der Waals surface area contributed by atoms with E-state index in [0.717, 1.165) is 14.2 Å². The number of carbonyl (C=O) groups excluding carboxylic acids is 4. The predicted octanol–water partition coefficient (Wildman–Crippen LogP) is 1.41. The number of nitro groups is 1. The molecule has 0 radical (unpaired) electrons. The van der Waals surface area contributed by atoms with Crippen LogP contribution in [0.4, 0.5) is 5.69 Å². The molecule has 0 aliphatic carbocycles. The highest BCUT2D eigenvalue weighted by Crippen LogP contribution is 2.15. The molecule has 1 aromatic carbocycles. The van der Waals surface area contributed by atoms with Crippen LogP contribution in [-0.2, 0) is 35.1 Å². The molecule has 0 aliphatic rings. The minimum atomic E-state index is -1.21. The minimum absolute atomic E-state index is 0.0405. The van der Waals surface area contributed by atoms with Crippen molar-refractivity contribution in [2.45, 2.75) is 25.7 Å². The van der Waals surface area contributed by atoms with Gasteiger partial charge >= 0.3 is 11.9 Å². The first-order chi connectivity index (χ1) is 12.3. The summed E-state index contributed by atoms with van der Waals surface area (Å²) in [6, 6.07) is 5.46. The maximum absolute atomic E-state index is 11.9. The van der Waals surface area contributed by atoms with Crippen molar-refractivity contribution in [2.75, 3.05) is 14.2 Å². The van der Waals surface area contributed by atoms with Crippen LogP contribution in [0.2, 0.25) is 0 Å². The Bertz CT molecular complexity index is 679. The van der Waals surface area contributed by atoms with Crippen molar-refractivity contribution in [1.29, 1.82) is 0 Å². The monoisotopic (exact) mass is 365 g/mol. The fraction of sp³-hybridized carbons (Fsp3) is 0.412. The van der Waals surface area contributed by atoms with Gasteiger partial charge in [-0.2, -0.15) is 0 Å². The molecule has 1 aromatic rings. The number of benzene rings is 1. The van der Waals surface area contributed by atoms with E-state index < -0.39 is 28.6 Å². The quantitative estimate of drug-likeness (QED) is 0.263. The van der Waals surface area contributed by atoms with Gasteiger partial charge in [-0.3, -0.25) is 29.3 Å². The molecule has 1 rings (SSSR count). The second-order valence-electron chi connectivity index (χ2n) is 5.49. The maximum Gasteiger partial charge on any atom is 0.320 e. The molecule has 0 atom stereocenters. The van der Waals surface area contributed by atoms with Gasteiger partial charge in [-0.15, -0.1) is 0 Å². The van der Waals surface area contributed by atoms with E-state index in [9.17, 15) is 29.3 Å². The van der Waals surface area contributed by atoms with Gasteiger partial charge in [-0.05, 0) is 12.0 Å². The van der Waals surface area contributed by atoms with Gasteiger partial charge in [-0.1, -0.05) is 12.1 Å². The van der Waals surface area contributed by atoms with Crippen LogP contribution < -0.4 is 0 Å². The zero-order valence-electron chi connectivity index (χ0n) is 14.4. The highest BCUT2D eigenvalue weighted by Gasteiger charge is 2.29. The van der Waals surface area contributed by atoms with E-state index in [-0.39, 0.29) is 37.2 Å². The number of methoxy groups -OCH3 is 2. The van der Waals surface area contributed by atoms with Gasteiger partial charge in [0.2, 0.25) is 0 Å². The van der Waals surface area contributed by atoms with Gasteiger partial charge in [0.15, 0.2) is 5.92 Å². The molecule has 0 spiro atoms. The van der Waals surface area contributed by atoms with Gasteiger partial charge in [0, 0.05) is 25.0 Å². The van der Waals surface area contributed by atoms with Crippen molar-refractivity contribution in [1.82, 2.24) is 0 Å². The Morgan fingerprint density at radius 1 is 1.00 bits per heavy atom. The van der Waals surface area contributed by atoms with E-state index >= 15 is 0 Å². The highest BCUT2D eigenvalue weighted by atomic mass is 16.6. The molecule has 0 heterocycles.